The molecule has 3 heteroatoms. The fourth-order valence-corrected chi connectivity index (χ4v) is 2.49. The van der Waals surface area contributed by atoms with Crippen LogP contribution in [0.2, 0.25) is 0 Å². The van der Waals surface area contributed by atoms with Crippen LogP contribution in [0.1, 0.15) is 25.7 Å². The predicted octanol–water partition coefficient (Wildman–Crippen LogP) is 0.607. The van der Waals surface area contributed by atoms with E-state index in [2.05, 4.69) is 24.3 Å². The highest BCUT2D eigenvalue weighted by Gasteiger charge is 2.48. The van der Waals surface area contributed by atoms with Crippen molar-refractivity contribution in [3.8, 4) is 0 Å². The lowest BCUT2D eigenvalue weighted by Gasteiger charge is -2.46. The van der Waals surface area contributed by atoms with E-state index in [1.165, 1.54) is 12.8 Å². The molecule has 1 heterocycles. The Hall–Kier alpha value is -0.570. The van der Waals surface area contributed by atoms with Crippen molar-refractivity contribution < 1.29 is 4.79 Å². The van der Waals surface area contributed by atoms with Crippen LogP contribution in [0.3, 0.4) is 0 Å². The summed E-state index contributed by atoms with van der Waals surface area (Å²) in [5.41, 5.74) is 0.0481. The van der Waals surface area contributed by atoms with Crippen LogP contribution < -0.4 is 5.32 Å². The van der Waals surface area contributed by atoms with Gasteiger partial charge in [0.05, 0.1) is 5.41 Å². The molecule has 0 aromatic heterocycles. The number of carbonyl (C=O) groups excluding carboxylic acids is 1. The monoisotopic (exact) mass is 182 g/mol. The highest BCUT2D eigenvalue weighted by molar-refractivity contribution is 5.88. The van der Waals surface area contributed by atoms with Crippen LogP contribution in [-0.2, 0) is 4.79 Å². The average molecular weight is 182 g/mol. The van der Waals surface area contributed by atoms with Gasteiger partial charge in [-0.25, -0.2) is 0 Å². The van der Waals surface area contributed by atoms with Crippen molar-refractivity contribution in [3.63, 3.8) is 0 Å². The van der Waals surface area contributed by atoms with E-state index < -0.39 is 0 Å². The van der Waals surface area contributed by atoms with Gasteiger partial charge in [-0.05, 0) is 39.8 Å². The van der Waals surface area contributed by atoms with Gasteiger partial charge in [0.15, 0.2) is 0 Å². The average Bonchev–Trinajstić information content (AvgIpc) is 2.15. The Balaban J connectivity index is 1.93. The lowest BCUT2D eigenvalue weighted by atomic mass is 9.68. The van der Waals surface area contributed by atoms with Crippen molar-refractivity contribution in [2.75, 3.05) is 20.6 Å². The molecule has 0 aromatic rings. The van der Waals surface area contributed by atoms with Gasteiger partial charge >= 0.3 is 0 Å². The van der Waals surface area contributed by atoms with Crippen LogP contribution in [0.4, 0.5) is 0 Å². The third-order valence-electron chi connectivity index (χ3n) is 3.71. The topological polar surface area (TPSA) is 32.3 Å². The van der Waals surface area contributed by atoms with Gasteiger partial charge in [-0.3, -0.25) is 4.79 Å². The van der Waals surface area contributed by atoms with E-state index in [-0.39, 0.29) is 5.41 Å². The molecule has 2 aliphatic rings. The summed E-state index contributed by atoms with van der Waals surface area (Å²) in [6.45, 7) is 0.923. The maximum Gasteiger partial charge on any atom is 0.228 e. The van der Waals surface area contributed by atoms with Gasteiger partial charge in [0.2, 0.25) is 5.91 Å². The van der Waals surface area contributed by atoms with E-state index in [0.29, 0.717) is 11.9 Å². The highest BCUT2D eigenvalue weighted by atomic mass is 16.2. The Bertz CT molecular complexity index is 217. The summed E-state index contributed by atoms with van der Waals surface area (Å²) in [5.74, 6) is 0.296. The van der Waals surface area contributed by atoms with E-state index in [9.17, 15) is 4.79 Å². The number of nitrogens with zero attached hydrogens (tertiary/aromatic N) is 1. The van der Waals surface area contributed by atoms with Gasteiger partial charge in [0, 0.05) is 12.6 Å². The second-order valence-corrected chi connectivity index (χ2v) is 4.66. The minimum Gasteiger partial charge on any atom is -0.354 e. The maximum atomic E-state index is 11.4. The van der Waals surface area contributed by atoms with Crippen molar-refractivity contribution >= 4 is 5.91 Å². The molecule has 1 aliphatic carbocycles. The zero-order chi connectivity index (χ0) is 9.47. The summed E-state index contributed by atoms with van der Waals surface area (Å²) in [6, 6.07) is 0.694. The summed E-state index contributed by atoms with van der Waals surface area (Å²) in [5, 5.41) is 2.86. The Kier molecular flexibility index (Phi) is 2.06. The van der Waals surface area contributed by atoms with E-state index in [0.717, 1.165) is 19.4 Å². The SMILES string of the molecule is CN(C)C1CCC2(CC1)CNC2=O. The molecule has 0 bridgehead atoms. The minimum atomic E-state index is 0.0481. The van der Waals surface area contributed by atoms with E-state index in [1.54, 1.807) is 0 Å². The zero-order valence-corrected chi connectivity index (χ0v) is 8.47. The Morgan fingerprint density at radius 2 is 2.00 bits per heavy atom. The molecule has 0 atom stereocenters. The summed E-state index contributed by atoms with van der Waals surface area (Å²) in [7, 11) is 4.26. The van der Waals surface area contributed by atoms with Gasteiger partial charge in [-0.2, -0.15) is 0 Å². The normalized spacial score (nSPS) is 39.0. The van der Waals surface area contributed by atoms with Crippen LogP contribution in [0.15, 0.2) is 0 Å². The van der Waals surface area contributed by atoms with Gasteiger partial charge in [0.1, 0.15) is 0 Å². The fraction of sp³-hybridized carbons (Fsp3) is 0.900. The molecule has 74 valence electrons. The quantitative estimate of drug-likeness (QED) is 0.602. The van der Waals surface area contributed by atoms with Crippen molar-refractivity contribution in [3.05, 3.63) is 0 Å². The van der Waals surface area contributed by atoms with Gasteiger partial charge in [0.25, 0.3) is 0 Å². The third kappa shape index (κ3) is 1.35. The molecular formula is C10H18N2O. The number of amides is 1. The molecule has 13 heavy (non-hydrogen) atoms. The molecule has 0 unspecified atom stereocenters. The number of nitrogens with one attached hydrogen (secondary N) is 1. The second-order valence-electron chi connectivity index (χ2n) is 4.66. The maximum absolute atomic E-state index is 11.4. The number of hydrogen-bond acceptors (Lipinski definition) is 2. The summed E-state index contributed by atoms with van der Waals surface area (Å²) >= 11 is 0. The molecule has 0 aromatic carbocycles. The molecule has 3 nitrogen and oxygen atoms in total. The van der Waals surface area contributed by atoms with Gasteiger partial charge in [-0.1, -0.05) is 0 Å². The van der Waals surface area contributed by atoms with E-state index >= 15 is 0 Å². The fourth-order valence-electron chi connectivity index (χ4n) is 2.49. The van der Waals surface area contributed by atoms with Crippen LogP contribution in [0.25, 0.3) is 0 Å². The predicted molar refractivity (Wildman–Crippen MR) is 51.4 cm³/mol. The van der Waals surface area contributed by atoms with Gasteiger partial charge < -0.3 is 10.2 Å². The highest BCUT2D eigenvalue weighted by Crippen LogP contribution is 2.41. The summed E-state index contributed by atoms with van der Waals surface area (Å²) in [6.07, 6.45) is 4.53. The number of rotatable bonds is 1. The summed E-state index contributed by atoms with van der Waals surface area (Å²) < 4.78 is 0. The van der Waals surface area contributed by atoms with Crippen LogP contribution >= 0.6 is 0 Å². The molecule has 1 spiro atoms. The minimum absolute atomic E-state index is 0.0481. The zero-order valence-electron chi connectivity index (χ0n) is 8.47. The third-order valence-corrected chi connectivity index (χ3v) is 3.71. The molecule has 2 rings (SSSR count). The van der Waals surface area contributed by atoms with Gasteiger partial charge in [-0.15, -0.1) is 0 Å². The van der Waals surface area contributed by atoms with Crippen LogP contribution in [0, 0.1) is 5.41 Å². The smallest absolute Gasteiger partial charge is 0.228 e. The molecule has 1 saturated carbocycles. The van der Waals surface area contributed by atoms with E-state index in [4.69, 9.17) is 0 Å². The number of hydrogen-bond donors (Lipinski definition) is 1. The molecule has 1 N–H and O–H groups in total. The molecular weight excluding hydrogens is 164 g/mol. The molecule has 2 fully saturated rings. The molecule has 1 saturated heterocycles. The van der Waals surface area contributed by atoms with E-state index in [1.807, 2.05) is 0 Å². The van der Waals surface area contributed by atoms with Crippen molar-refractivity contribution in [1.82, 2.24) is 10.2 Å². The first-order valence-corrected chi connectivity index (χ1v) is 5.09. The largest absolute Gasteiger partial charge is 0.354 e. The standard InChI is InChI=1S/C10H18N2O/c1-12(2)8-3-5-10(6-4-8)7-11-9(10)13/h8H,3-7H2,1-2H3,(H,11,13). The summed E-state index contributed by atoms with van der Waals surface area (Å²) in [4.78, 5) is 13.6. The first-order valence-electron chi connectivity index (χ1n) is 5.09. The van der Waals surface area contributed by atoms with Crippen molar-refractivity contribution in [2.24, 2.45) is 5.41 Å². The molecule has 1 amide bonds. The van der Waals surface area contributed by atoms with Crippen LogP contribution in [0.5, 0.6) is 0 Å². The number of β-lactam (4-membered cyclic amide) rings is 1. The second kappa shape index (κ2) is 2.98. The lowest BCUT2D eigenvalue weighted by molar-refractivity contribution is -0.143. The molecule has 1 aliphatic heterocycles. The lowest BCUT2D eigenvalue weighted by Crippen LogP contribution is -2.61. The first-order chi connectivity index (χ1) is 6.14. The first kappa shape index (κ1) is 9.00. The van der Waals surface area contributed by atoms with Crippen molar-refractivity contribution in [2.45, 2.75) is 31.7 Å². The Morgan fingerprint density at radius 1 is 1.38 bits per heavy atom. The molecule has 0 radical (unpaired) electrons. The Morgan fingerprint density at radius 3 is 2.31 bits per heavy atom. The van der Waals surface area contributed by atoms with Crippen molar-refractivity contribution in [1.29, 1.82) is 0 Å². The van der Waals surface area contributed by atoms with Crippen LogP contribution in [-0.4, -0.2) is 37.5 Å². The number of carbonyl (C=O) groups is 1. The Labute approximate surface area is 79.5 Å².